The molecule has 28 heavy (non-hydrogen) atoms. The van der Waals surface area contributed by atoms with Gasteiger partial charge in [0.2, 0.25) is 0 Å². The maximum Gasteiger partial charge on any atom is 0.309 e. The van der Waals surface area contributed by atoms with E-state index in [0.29, 0.717) is 17.5 Å². The Balaban J connectivity index is 1.35. The van der Waals surface area contributed by atoms with Crippen molar-refractivity contribution in [3.63, 3.8) is 0 Å². The highest BCUT2D eigenvalue weighted by atomic mass is 35.5. The predicted molar refractivity (Wildman–Crippen MR) is 109 cm³/mol. The third-order valence-corrected chi connectivity index (χ3v) is 5.34. The molecule has 0 aliphatic carbocycles. The average Bonchev–Trinajstić information content (AvgIpc) is 2.73. The monoisotopic (exact) mass is 400 g/mol. The van der Waals surface area contributed by atoms with Crippen molar-refractivity contribution in [1.82, 2.24) is 20.5 Å². The molecule has 2 N–H and O–H groups in total. The smallest absolute Gasteiger partial charge is 0.309 e. The van der Waals surface area contributed by atoms with Crippen LogP contribution in [0.1, 0.15) is 24.1 Å². The van der Waals surface area contributed by atoms with Crippen molar-refractivity contribution in [1.29, 1.82) is 0 Å². The van der Waals surface area contributed by atoms with Gasteiger partial charge in [0, 0.05) is 30.9 Å². The van der Waals surface area contributed by atoms with Crippen LogP contribution in [0.2, 0.25) is 5.02 Å². The van der Waals surface area contributed by atoms with Gasteiger partial charge in [-0.1, -0.05) is 35.9 Å². The molecular weight excluding hydrogens is 376 g/mol. The molecule has 2 amide bonds. The molecule has 0 saturated carbocycles. The van der Waals surface area contributed by atoms with Crippen LogP contribution in [-0.4, -0.2) is 41.3 Å². The second-order valence-corrected chi connectivity index (χ2v) is 7.43. The summed E-state index contributed by atoms with van der Waals surface area (Å²) < 4.78 is 0. The van der Waals surface area contributed by atoms with E-state index in [4.69, 9.17) is 11.6 Å². The maximum atomic E-state index is 12.0. The first-order chi connectivity index (χ1) is 13.6. The van der Waals surface area contributed by atoms with E-state index in [2.05, 4.69) is 20.5 Å². The highest BCUT2D eigenvalue weighted by Gasteiger charge is 2.21. The van der Waals surface area contributed by atoms with Crippen LogP contribution in [0.15, 0.2) is 48.7 Å². The molecule has 0 bridgehead atoms. The minimum absolute atomic E-state index is 0.234. The summed E-state index contributed by atoms with van der Waals surface area (Å²) in [5, 5.41) is 5.93. The number of likely N-dealkylation sites (tertiary alicyclic amines) is 1. The number of nitrogens with zero attached hydrogens (tertiary/aromatic N) is 2. The zero-order chi connectivity index (χ0) is 19.8. The van der Waals surface area contributed by atoms with Crippen LogP contribution in [-0.2, 0) is 22.7 Å². The molecule has 2 heterocycles. The Hall–Kier alpha value is -2.44. The molecule has 1 saturated heterocycles. The number of carbonyl (C=O) groups excluding carboxylic acids is 2. The molecule has 3 rings (SSSR count). The van der Waals surface area contributed by atoms with Crippen molar-refractivity contribution in [2.45, 2.75) is 25.9 Å². The van der Waals surface area contributed by atoms with Gasteiger partial charge < -0.3 is 10.6 Å². The Morgan fingerprint density at radius 2 is 1.75 bits per heavy atom. The lowest BCUT2D eigenvalue weighted by Gasteiger charge is -2.31. The summed E-state index contributed by atoms with van der Waals surface area (Å²) >= 11 is 6.05. The Labute approximate surface area is 170 Å². The Morgan fingerprint density at radius 1 is 1.04 bits per heavy atom. The largest absolute Gasteiger partial charge is 0.348 e. The average molecular weight is 401 g/mol. The normalized spacial score (nSPS) is 15.2. The molecule has 0 spiro atoms. The van der Waals surface area contributed by atoms with E-state index in [9.17, 15) is 9.59 Å². The van der Waals surface area contributed by atoms with Crippen LogP contribution in [0.3, 0.4) is 0 Å². The minimum atomic E-state index is -0.632. The van der Waals surface area contributed by atoms with E-state index in [0.717, 1.165) is 43.7 Å². The molecule has 2 aromatic rings. The molecular formula is C21H25ClN4O2. The molecule has 0 atom stereocenters. The number of amides is 2. The fourth-order valence-electron chi connectivity index (χ4n) is 3.28. The van der Waals surface area contributed by atoms with Gasteiger partial charge in [-0.15, -0.1) is 0 Å². The first-order valence-electron chi connectivity index (χ1n) is 9.53. The standard InChI is InChI=1S/C21H25ClN4O2/c22-19-7-2-1-5-17(19)14-25-21(28)20(27)24-13-16-8-11-26(12-9-16)15-18-6-3-4-10-23-18/h1-7,10,16H,8-9,11-15H2,(H,24,27)(H,25,28). The topological polar surface area (TPSA) is 74.3 Å². The van der Waals surface area contributed by atoms with Gasteiger partial charge in [0.15, 0.2) is 0 Å². The first kappa shape index (κ1) is 20.3. The number of pyridine rings is 1. The van der Waals surface area contributed by atoms with Crippen LogP contribution < -0.4 is 10.6 Å². The number of aromatic nitrogens is 1. The number of nitrogens with one attached hydrogen (secondary N) is 2. The summed E-state index contributed by atoms with van der Waals surface area (Å²) in [6.07, 6.45) is 3.80. The van der Waals surface area contributed by atoms with E-state index >= 15 is 0 Å². The summed E-state index contributed by atoms with van der Waals surface area (Å²) in [6, 6.07) is 13.2. The second kappa shape index (κ2) is 10.2. The SMILES string of the molecule is O=C(NCc1ccccc1Cl)C(=O)NCC1CCN(Cc2ccccn2)CC1. The summed E-state index contributed by atoms with van der Waals surface area (Å²) in [5.41, 5.74) is 1.86. The number of piperidine rings is 1. The predicted octanol–water partition coefficient (Wildman–Crippen LogP) is 2.38. The lowest BCUT2D eigenvalue weighted by atomic mass is 9.96. The van der Waals surface area contributed by atoms with Crippen molar-refractivity contribution < 1.29 is 9.59 Å². The highest BCUT2D eigenvalue weighted by molar-refractivity contribution is 6.35. The van der Waals surface area contributed by atoms with Crippen LogP contribution in [0.5, 0.6) is 0 Å². The third-order valence-electron chi connectivity index (χ3n) is 4.97. The van der Waals surface area contributed by atoms with Gasteiger partial charge in [0.05, 0.1) is 5.69 Å². The van der Waals surface area contributed by atoms with Gasteiger partial charge in [-0.25, -0.2) is 0 Å². The van der Waals surface area contributed by atoms with Crippen LogP contribution in [0.25, 0.3) is 0 Å². The minimum Gasteiger partial charge on any atom is -0.348 e. The molecule has 0 radical (unpaired) electrons. The number of hydrogen-bond acceptors (Lipinski definition) is 4. The molecule has 148 valence electrons. The highest BCUT2D eigenvalue weighted by Crippen LogP contribution is 2.18. The zero-order valence-electron chi connectivity index (χ0n) is 15.7. The molecule has 1 aromatic heterocycles. The van der Waals surface area contributed by atoms with E-state index in [1.54, 1.807) is 6.07 Å². The van der Waals surface area contributed by atoms with Crippen molar-refractivity contribution in [3.8, 4) is 0 Å². The van der Waals surface area contributed by atoms with Crippen LogP contribution >= 0.6 is 11.6 Å². The van der Waals surface area contributed by atoms with Crippen molar-refractivity contribution >= 4 is 23.4 Å². The summed E-state index contributed by atoms with van der Waals surface area (Å²) in [5.74, 6) is -0.837. The van der Waals surface area contributed by atoms with Gasteiger partial charge in [-0.2, -0.15) is 0 Å². The summed E-state index contributed by atoms with van der Waals surface area (Å²) in [4.78, 5) is 30.7. The van der Waals surface area contributed by atoms with Crippen LogP contribution in [0, 0.1) is 5.92 Å². The van der Waals surface area contributed by atoms with Gasteiger partial charge in [-0.05, 0) is 55.6 Å². The molecule has 0 unspecified atom stereocenters. The molecule has 6 nitrogen and oxygen atoms in total. The van der Waals surface area contributed by atoms with Crippen molar-refractivity contribution in [3.05, 3.63) is 64.9 Å². The fourth-order valence-corrected chi connectivity index (χ4v) is 3.49. The second-order valence-electron chi connectivity index (χ2n) is 7.02. The van der Waals surface area contributed by atoms with E-state index in [1.165, 1.54) is 0 Å². The molecule has 1 fully saturated rings. The first-order valence-corrected chi connectivity index (χ1v) is 9.91. The van der Waals surface area contributed by atoms with Crippen molar-refractivity contribution in [2.75, 3.05) is 19.6 Å². The van der Waals surface area contributed by atoms with E-state index in [-0.39, 0.29) is 6.54 Å². The lowest BCUT2D eigenvalue weighted by molar-refractivity contribution is -0.139. The summed E-state index contributed by atoms with van der Waals surface area (Å²) in [6.45, 7) is 3.55. The quantitative estimate of drug-likeness (QED) is 0.730. The Kier molecular flexibility index (Phi) is 7.39. The molecule has 1 aromatic carbocycles. The number of benzene rings is 1. The van der Waals surface area contributed by atoms with Crippen LogP contribution in [0.4, 0.5) is 0 Å². The van der Waals surface area contributed by atoms with Gasteiger partial charge >= 0.3 is 11.8 Å². The maximum absolute atomic E-state index is 12.0. The lowest BCUT2D eigenvalue weighted by Crippen LogP contribution is -2.43. The number of halogens is 1. The molecule has 7 heteroatoms. The fraction of sp³-hybridized carbons (Fsp3) is 0.381. The van der Waals surface area contributed by atoms with Gasteiger partial charge in [0.25, 0.3) is 0 Å². The Bertz CT molecular complexity index is 792. The van der Waals surface area contributed by atoms with Gasteiger partial charge in [-0.3, -0.25) is 19.5 Å². The third kappa shape index (κ3) is 6.04. The molecule has 1 aliphatic rings. The number of rotatable bonds is 6. The number of hydrogen-bond donors (Lipinski definition) is 2. The number of carbonyl (C=O) groups is 2. The zero-order valence-corrected chi connectivity index (χ0v) is 16.5. The Morgan fingerprint density at radius 3 is 2.46 bits per heavy atom. The van der Waals surface area contributed by atoms with E-state index < -0.39 is 11.8 Å². The molecule has 1 aliphatic heterocycles. The van der Waals surface area contributed by atoms with E-state index in [1.807, 2.05) is 42.6 Å². The van der Waals surface area contributed by atoms with Gasteiger partial charge in [0.1, 0.15) is 0 Å². The summed E-state index contributed by atoms with van der Waals surface area (Å²) in [7, 11) is 0. The van der Waals surface area contributed by atoms with Crippen molar-refractivity contribution in [2.24, 2.45) is 5.92 Å².